The lowest BCUT2D eigenvalue weighted by Crippen LogP contribution is -2.24. The first kappa shape index (κ1) is 12.1. The Balaban J connectivity index is 2.47. The van der Waals surface area contributed by atoms with Gasteiger partial charge in [-0.25, -0.2) is 0 Å². The van der Waals surface area contributed by atoms with E-state index in [1.165, 1.54) is 0 Å². The topological polar surface area (TPSA) is 33.1 Å². The van der Waals surface area contributed by atoms with Crippen LogP contribution in [0.1, 0.15) is 38.7 Å². The standard InChI is InChI=1S/C15H19NO/c1-3-9-15(17,4-2)13-8-7-12-6-5-10-16-14(12)11-13/h5-8,10-11,17H,3-4,9H2,1-2H3. The zero-order valence-corrected chi connectivity index (χ0v) is 10.5. The summed E-state index contributed by atoms with van der Waals surface area (Å²) in [6.45, 7) is 4.12. The molecule has 0 bridgehead atoms. The quantitative estimate of drug-likeness (QED) is 0.868. The highest BCUT2D eigenvalue weighted by Crippen LogP contribution is 2.31. The highest BCUT2D eigenvalue weighted by atomic mass is 16.3. The van der Waals surface area contributed by atoms with Gasteiger partial charge >= 0.3 is 0 Å². The summed E-state index contributed by atoms with van der Waals surface area (Å²) in [6.07, 6.45) is 4.29. The van der Waals surface area contributed by atoms with Crippen molar-refractivity contribution in [1.29, 1.82) is 0 Å². The molecule has 0 saturated carbocycles. The molecule has 0 spiro atoms. The molecular weight excluding hydrogens is 210 g/mol. The van der Waals surface area contributed by atoms with Crippen LogP contribution in [-0.2, 0) is 5.60 Å². The molecule has 0 saturated heterocycles. The van der Waals surface area contributed by atoms with E-state index in [-0.39, 0.29) is 0 Å². The number of benzene rings is 1. The van der Waals surface area contributed by atoms with Gasteiger partial charge in [-0.15, -0.1) is 0 Å². The molecule has 17 heavy (non-hydrogen) atoms. The van der Waals surface area contributed by atoms with Crippen LogP contribution in [0.5, 0.6) is 0 Å². The van der Waals surface area contributed by atoms with E-state index in [1.54, 1.807) is 6.20 Å². The van der Waals surface area contributed by atoms with Crippen LogP contribution in [0.2, 0.25) is 0 Å². The Morgan fingerprint density at radius 1 is 1.24 bits per heavy atom. The van der Waals surface area contributed by atoms with Gasteiger partial charge in [0.15, 0.2) is 0 Å². The van der Waals surface area contributed by atoms with Crippen LogP contribution >= 0.6 is 0 Å². The van der Waals surface area contributed by atoms with Gasteiger partial charge in [-0.3, -0.25) is 4.98 Å². The molecule has 2 aromatic rings. The van der Waals surface area contributed by atoms with E-state index in [4.69, 9.17) is 0 Å². The van der Waals surface area contributed by atoms with Gasteiger partial charge in [-0.05, 0) is 30.5 Å². The van der Waals surface area contributed by atoms with Gasteiger partial charge in [0.05, 0.1) is 11.1 Å². The summed E-state index contributed by atoms with van der Waals surface area (Å²) in [7, 11) is 0. The summed E-state index contributed by atoms with van der Waals surface area (Å²) in [4.78, 5) is 4.34. The monoisotopic (exact) mass is 229 g/mol. The number of fused-ring (bicyclic) bond motifs is 1. The molecule has 1 aromatic carbocycles. The number of aliphatic hydroxyl groups is 1. The minimum absolute atomic E-state index is 0.708. The maximum absolute atomic E-state index is 10.6. The van der Waals surface area contributed by atoms with Crippen LogP contribution in [0.25, 0.3) is 10.9 Å². The molecule has 2 nitrogen and oxygen atoms in total. The summed E-state index contributed by atoms with van der Waals surface area (Å²) < 4.78 is 0. The predicted octanol–water partition coefficient (Wildman–Crippen LogP) is 3.63. The van der Waals surface area contributed by atoms with Gasteiger partial charge in [0.1, 0.15) is 0 Å². The van der Waals surface area contributed by atoms with Crippen molar-refractivity contribution in [2.45, 2.75) is 38.7 Å². The molecule has 0 radical (unpaired) electrons. The van der Waals surface area contributed by atoms with E-state index in [2.05, 4.69) is 11.9 Å². The zero-order chi connectivity index (χ0) is 12.3. The highest BCUT2D eigenvalue weighted by Gasteiger charge is 2.26. The van der Waals surface area contributed by atoms with E-state index >= 15 is 0 Å². The number of nitrogens with zero attached hydrogens (tertiary/aromatic N) is 1. The van der Waals surface area contributed by atoms with Crippen molar-refractivity contribution in [2.24, 2.45) is 0 Å². The molecule has 90 valence electrons. The molecule has 1 aromatic heterocycles. The lowest BCUT2D eigenvalue weighted by atomic mass is 9.86. The molecule has 0 aliphatic heterocycles. The van der Waals surface area contributed by atoms with Crippen molar-refractivity contribution in [1.82, 2.24) is 4.98 Å². The summed E-state index contributed by atoms with van der Waals surface area (Å²) in [6, 6.07) is 10.0. The van der Waals surface area contributed by atoms with Gasteiger partial charge in [-0.2, -0.15) is 0 Å². The third kappa shape index (κ3) is 2.32. The van der Waals surface area contributed by atoms with Gasteiger partial charge in [0.25, 0.3) is 0 Å². The van der Waals surface area contributed by atoms with Gasteiger partial charge in [0, 0.05) is 11.6 Å². The largest absolute Gasteiger partial charge is 0.385 e. The van der Waals surface area contributed by atoms with Crippen molar-refractivity contribution in [2.75, 3.05) is 0 Å². The number of rotatable bonds is 4. The average molecular weight is 229 g/mol. The number of hydrogen-bond donors (Lipinski definition) is 1. The van der Waals surface area contributed by atoms with E-state index in [0.29, 0.717) is 0 Å². The fourth-order valence-corrected chi connectivity index (χ4v) is 2.29. The van der Waals surface area contributed by atoms with Crippen LogP contribution in [0.3, 0.4) is 0 Å². The lowest BCUT2D eigenvalue weighted by Gasteiger charge is -2.27. The Labute approximate surface area is 102 Å². The van der Waals surface area contributed by atoms with Gasteiger partial charge in [-0.1, -0.05) is 38.5 Å². The Bertz CT molecular complexity index is 509. The molecule has 0 fully saturated rings. The van der Waals surface area contributed by atoms with Crippen molar-refractivity contribution < 1.29 is 5.11 Å². The highest BCUT2D eigenvalue weighted by molar-refractivity contribution is 5.79. The smallest absolute Gasteiger partial charge is 0.0894 e. The lowest BCUT2D eigenvalue weighted by molar-refractivity contribution is 0.0227. The minimum Gasteiger partial charge on any atom is -0.385 e. The molecule has 0 amide bonds. The number of pyridine rings is 1. The molecule has 1 atom stereocenters. The second-order valence-electron chi connectivity index (χ2n) is 4.55. The van der Waals surface area contributed by atoms with Crippen LogP contribution in [0, 0.1) is 0 Å². The molecule has 0 aliphatic carbocycles. The van der Waals surface area contributed by atoms with Gasteiger partial charge in [0.2, 0.25) is 0 Å². The summed E-state index contributed by atoms with van der Waals surface area (Å²) in [5, 5.41) is 11.7. The van der Waals surface area contributed by atoms with Crippen molar-refractivity contribution in [3.8, 4) is 0 Å². The Morgan fingerprint density at radius 2 is 2.06 bits per heavy atom. The fraction of sp³-hybridized carbons (Fsp3) is 0.400. The summed E-state index contributed by atoms with van der Waals surface area (Å²) in [5.74, 6) is 0. The SMILES string of the molecule is CCCC(O)(CC)c1ccc2cccnc2c1. The third-order valence-corrected chi connectivity index (χ3v) is 3.39. The van der Waals surface area contributed by atoms with Crippen LogP contribution < -0.4 is 0 Å². The Kier molecular flexibility index (Phi) is 3.43. The van der Waals surface area contributed by atoms with E-state index in [0.717, 1.165) is 35.7 Å². The van der Waals surface area contributed by atoms with Crippen LogP contribution in [-0.4, -0.2) is 10.1 Å². The predicted molar refractivity (Wildman–Crippen MR) is 70.8 cm³/mol. The zero-order valence-electron chi connectivity index (χ0n) is 10.5. The second kappa shape index (κ2) is 4.84. The maximum Gasteiger partial charge on any atom is 0.0894 e. The molecular formula is C15H19NO. The first-order valence-electron chi connectivity index (χ1n) is 6.27. The maximum atomic E-state index is 10.6. The fourth-order valence-electron chi connectivity index (χ4n) is 2.29. The number of hydrogen-bond acceptors (Lipinski definition) is 2. The Hall–Kier alpha value is -1.41. The molecule has 2 heteroatoms. The number of aromatic nitrogens is 1. The first-order valence-corrected chi connectivity index (χ1v) is 6.27. The second-order valence-corrected chi connectivity index (χ2v) is 4.55. The van der Waals surface area contributed by atoms with E-state index in [1.807, 2.05) is 37.3 Å². The molecule has 2 rings (SSSR count). The third-order valence-electron chi connectivity index (χ3n) is 3.39. The molecule has 1 N–H and O–H groups in total. The van der Waals surface area contributed by atoms with Crippen molar-refractivity contribution in [3.05, 3.63) is 42.1 Å². The van der Waals surface area contributed by atoms with Crippen molar-refractivity contribution >= 4 is 10.9 Å². The van der Waals surface area contributed by atoms with Crippen LogP contribution in [0.4, 0.5) is 0 Å². The minimum atomic E-state index is -0.708. The van der Waals surface area contributed by atoms with Gasteiger partial charge < -0.3 is 5.11 Å². The average Bonchev–Trinajstić information content (AvgIpc) is 2.38. The van der Waals surface area contributed by atoms with E-state index < -0.39 is 5.60 Å². The van der Waals surface area contributed by atoms with Crippen molar-refractivity contribution in [3.63, 3.8) is 0 Å². The summed E-state index contributed by atoms with van der Waals surface area (Å²) in [5.41, 5.74) is 1.22. The Morgan fingerprint density at radius 3 is 2.76 bits per heavy atom. The molecule has 1 heterocycles. The molecule has 0 aliphatic rings. The van der Waals surface area contributed by atoms with Crippen LogP contribution in [0.15, 0.2) is 36.5 Å². The normalized spacial score (nSPS) is 14.8. The summed E-state index contributed by atoms with van der Waals surface area (Å²) >= 11 is 0. The van der Waals surface area contributed by atoms with E-state index in [9.17, 15) is 5.11 Å². The molecule has 1 unspecified atom stereocenters. The first-order chi connectivity index (χ1) is 8.19.